The van der Waals surface area contributed by atoms with Crippen molar-refractivity contribution in [3.8, 4) is 23.0 Å². The summed E-state index contributed by atoms with van der Waals surface area (Å²) >= 11 is 0. The minimum absolute atomic E-state index is 0.547. The molecule has 1 saturated heterocycles. The molecule has 154 valence electrons. The van der Waals surface area contributed by atoms with E-state index in [1.807, 2.05) is 26.0 Å². The van der Waals surface area contributed by atoms with E-state index in [1.54, 1.807) is 21.3 Å². The van der Waals surface area contributed by atoms with Crippen LogP contribution in [0.3, 0.4) is 0 Å². The number of likely N-dealkylation sites (tertiary alicyclic amines) is 1. The van der Waals surface area contributed by atoms with Crippen LogP contribution < -0.4 is 9.47 Å². The molecule has 28 heavy (non-hydrogen) atoms. The lowest BCUT2D eigenvalue weighted by atomic mass is 9.99. The molecule has 0 spiro atoms. The van der Waals surface area contributed by atoms with Crippen LogP contribution in [0.25, 0.3) is 11.5 Å². The molecule has 1 aromatic carbocycles. The van der Waals surface area contributed by atoms with E-state index in [4.69, 9.17) is 23.6 Å². The summed E-state index contributed by atoms with van der Waals surface area (Å²) in [5.41, 5.74) is 2.79. The molecule has 0 N–H and O–H groups in total. The van der Waals surface area contributed by atoms with Gasteiger partial charge >= 0.3 is 0 Å². The lowest BCUT2D eigenvalue weighted by Crippen LogP contribution is -2.39. The van der Waals surface area contributed by atoms with Gasteiger partial charge in [-0.15, -0.1) is 0 Å². The molecule has 2 heterocycles. The molecule has 1 unspecified atom stereocenters. The number of hydrogen-bond acceptors (Lipinski definition) is 6. The molecular weight excluding hydrogens is 356 g/mol. The van der Waals surface area contributed by atoms with Gasteiger partial charge in [0.2, 0.25) is 5.89 Å². The highest BCUT2D eigenvalue weighted by molar-refractivity contribution is 5.68. The van der Waals surface area contributed by atoms with Gasteiger partial charge in [0.25, 0.3) is 0 Å². The highest BCUT2D eigenvalue weighted by Gasteiger charge is 2.25. The van der Waals surface area contributed by atoms with E-state index < -0.39 is 0 Å². The number of oxazole rings is 1. The number of ether oxygens (including phenoxy) is 3. The zero-order chi connectivity index (χ0) is 20.1. The van der Waals surface area contributed by atoms with Gasteiger partial charge in [-0.05, 0) is 51.8 Å². The van der Waals surface area contributed by atoms with Crippen molar-refractivity contribution in [1.82, 2.24) is 9.88 Å². The largest absolute Gasteiger partial charge is 0.496 e. The summed E-state index contributed by atoms with van der Waals surface area (Å²) < 4.78 is 22.4. The highest BCUT2D eigenvalue weighted by atomic mass is 16.5. The summed E-state index contributed by atoms with van der Waals surface area (Å²) in [6.07, 6.45) is 4.80. The third kappa shape index (κ3) is 4.33. The minimum Gasteiger partial charge on any atom is -0.496 e. The van der Waals surface area contributed by atoms with E-state index >= 15 is 0 Å². The van der Waals surface area contributed by atoms with Crippen molar-refractivity contribution < 1.29 is 18.6 Å². The van der Waals surface area contributed by atoms with Crippen LogP contribution in [0.4, 0.5) is 0 Å². The topological polar surface area (TPSA) is 57.0 Å². The monoisotopic (exact) mass is 388 g/mol. The number of rotatable bonds is 8. The molecule has 1 aliphatic heterocycles. The maximum atomic E-state index is 6.05. The molecule has 0 saturated carbocycles. The number of nitrogens with zero attached hydrogens (tertiary/aromatic N) is 2. The molecular formula is C22H32N2O4. The molecule has 1 aliphatic rings. The Hall–Kier alpha value is -2.05. The standard InChI is InChI=1S/C22H32N2O4/c1-15-20(26-4)10-9-18(21(15)27-5)22-23-19(16(2)28-22)14-24-12-7-6-8-17(24)11-13-25-3/h9-10,17H,6-8,11-14H2,1-5H3. The Labute approximate surface area is 167 Å². The van der Waals surface area contributed by atoms with Crippen molar-refractivity contribution in [3.63, 3.8) is 0 Å². The van der Waals surface area contributed by atoms with Crippen molar-refractivity contribution in [2.45, 2.75) is 52.1 Å². The summed E-state index contributed by atoms with van der Waals surface area (Å²) in [5.74, 6) is 2.99. The first-order chi connectivity index (χ1) is 13.6. The second kappa shape index (κ2) is 9.43. The van der Waals surface area contributed by atoms with Crippen molar-refractivity contribution >= 4 is 0 Å². The van der Waals surface area contributed by atoms with E-state index in [-0.39, 0.29) is 0 Å². The number of piperidine rings is 1. The fourth-order valence-corrected chi connectivity index (χ4v) is 4.06. The number of methoxy groups -OCH3 is 3. The second-order valence-corrected chi connectivity index (χ2v) is 7.40. The summed E-state index contributed by atoms with van der Waals surface area (Å²) in [5, 5.41) is 0. The van der Waals surface area contributed by atoms with Gasteiger partial charge in [0.05, 0.1) is 25.5 Å². The fraction of sp³-hybridized carbons (Fsp3) is 0.591. The van der Waals surface area contributed by atoms with Crippen molar-refractivity contribution in [2.75, 3.05) is 34.5 Å². The molecule has 6 heteroatoms. The van der Waals surface area contributed by atoms with E-state index in [0.29, 0.717) is 11.9 Å². The molecule has 0 amide bonds. The summed E-state index contributed by atoms with van der Waals surface area (Å²) in [7, 11) is 5.09. The maximum absolute atomic E-state index is 6.05. The van der Waals surface area contributed by atoms with Crippen LogP contribution in [0.15, 0.2) is 16.5 Å². The van der Waals surface area contributed by atoms with E-state index in [1.165, 1.54) is 19.3 Å². The molecule has 1 fully saturated rings. The minimum atomic E-state index is 0.547. The van der Waals surface area contributed by atoms with Gasteiger partial charge < -0.3 is 18.6 Å². The molecule has 0 bridgehead atoms. The molecule has 1 aromatic heterocycles. The van der Waals surface area contributed by atoms with Crippen LogP contribution in [-0.2, 0) is 11.3 Å². The van der Waals surface area contributed by atoms with E-state index in [0.717, 1.165) is 60.2 Å². The van der Waals surface area contributed by atoms with Crippen LogP contribution in [0.1, 0.15) is 42.7 Å². The Morgan fingerprint density at radius 3 is 2.68 bits per heavy atom. The summed E-state index contributed by atoms with van der Waals surface area (Å²) in [4.78, 5) is 7.36. The van der Waals surface area contributed by atoms with Gasteiger partial charge in [-0.25, -0.2) is 4.98 Å². The Bertz CT molecular complexity index is 787. The Morgan fingerprint density at radius 2 is 1.96 bits per heavy atom. The number of benzene rings is 1. The fourth-order valence-electron chi connectivity index (χ4n) is 4.06. The zero-order valence-electron chi connectivity index (χ0n) is 17.7. The van der Waals surface area contributed by atoms with Crippen LogP contribution in [0.5, 0.6) is 11.5 Å². The van der Waals surface area contributed by atoms with Crippen molar-refractivity contribution in [1.29, 1.82) is 0 Å². The Kier molecular flexibility index (Phi) is 6.97. The number of hydrogen-bond donors (Lipinski definition) is 0. The molecule has 3 rings (SSSR count). The Balaban J connectivity index is 1.84. The third-order valence-corrected chi connectivity index (χ3v) is 5.66. The van der Waals surface area contributed by atoms with Crippen LogP contribution in [0, 0.1) is 13.8 Å². The molecule has 0 radical (unpaired) electrons. The van der Waals surface area contributed by atoms with Gasteiger partial charge in [-0.3, -0.25) is 4.90 Å². The first-order valence-corrected chi connectivity index (χ1v) is 10.00. The van der Waals surface area contributed by atoms with Crippen molar-refractivity contribution in [2.24, 2.45) is 0 Å². The van der Waals surface area contributed by atoms with Gasteiger partial charge in [0.1, 0.15) is 17.3 Å². The summed E-state index contributed by atoms with van der Waals surface area (Å²) in [6, 6.07) is 4.42. The van der Waals surface area contributed by atoms with Gasteiger partial charge in [-0.2, -0.15) is 0 Å². The van der Waals surface area contributed by atoms with E-state index in [9.17, 15) is 0 Å². The molecule has 2 aromatic rings. The normalized spacial score (nSPS) is 17.7. The van der Waals surface area contributed by atoms with Crippen LogP contribution >= 0.6 is 0 Å². The smallest absolute Gasteiger partial charge is 0.230 e. The predicted octanol–water partition coefficient (Wildman–Crippen LogP) is 4.37. The third-order valence-electron chi connectivity index (χ3n) is 5.66. The number of aryl methyl sites for hydroxylation is 1. The lowest BCUT2D eigenvalue weighted by Gasteiger charge is -2.35. The Morgan fingerprint density at radius 1 is 1.14 bits per heavy atom. The molecule has 6 nitrogen and oxygen atoms in total. The molecule has 1 atom stereocenters. The average molecular weight is 389 g/mol. The average Bonchev–Trinajstić information content (AvgIpc) is 3.07. The summed E-state index contributed by atoms with van der Waals surface area (Å²) in [6.45, 7) is 6.67. The van der Waals surface area contributed by atoms with Crippen LogP contribution in [-0.4, -0.2) is 50.4 Å². The van der Waals surface area contributed by atoms with Crippen molar-refractivity contribution in [3.05, 3.63) is 29.2 Å². The van der Waals surface area contributed by atoms with Gasteiger partial charge in [-0.1, -0.05) is 6.42 Å². The van der Waals surface area contributed by atoms with Gasteiger partial charge in [0, 0.05) is 31.9 Å². The highest BCUT2D eigenvalue weighted by Crippen LogP contribution is 2.38. The lowest BCUT2D eigenvalue weighted by molar-refractivity contribution is 0.0961. The second-order valence-electron chi connectivity index (χ2n) is 7.40. The van der Waals surface area contributed by atoms with Crippen LogP contribution in [0.2, 0.25) is 0 Å². The van der Waals surface area contributed by atoms with E-state index in [2.05, 4.69) is 4.90 Å². The first kappa shape index (κ1) is 20.7. The van der Waals surface area contributed by atoms with Gasteiger partial charge in [0.15, 0.2) is 0 Å². The predicted molar refractivity (Wildman–Crippen MR) is 109 cm³/mol. The SMILES string of the molecule is COCCC1CCCCN1Cc1nc(-c2ccc(OC)c(C)c2OC)oc1C. The number of aromatic nitrogens is 1. The zero-order valence-corrected chi connectivity index (χ0v) is 17.7. The first-order valence-electron chi connectivity index (χ1n) is 10.00. The maximum Gasteiger partial charge on any atom is 0.230 e. The quantitative estimate of drug-likeness (QED) is 0.669. The molecule has 0 aliphatic carbocycles.